The Balaban J connectivity index is 1.38. The maximum Gasteiger partial charge on any atom is 0.223 e. The van der Waals surface area contributed by atoms with E-state index in [1.165, 1.54) is 0 Å². The number of carbonyl (C=O) groups excluding carboxylic acids is 3. The Labute approximate surface area is 157 Å². The topological polar surface area (TPSA) is 63.7 Å². The van der Waals surface area contributed by atoms with Crippen molar-refractivity contribution >= 4 is 17.5 Å². The molecule has 138 valence electrons. The van der Waals surface area contributed by atoms with Crippen molar-refractivity contribution in [1.29, 1.82) is 0 Å². The minimum atomic E-state index is -0.634. The van der Waals surface area contributed by atoms with Crippen LogP contribution in [0.3, 0.4) is 0 Å². The van der Waals surface area contributed by atoms with E-state index in [9.17, 15) is 14.4 Å². The molecule has 0 saturated carbocycles. The van der Waals surface area contributed by atoms with Crippen molar-refractivity contribution in [2.75, 3.05) is 13.1 Å². The number of nitrogens with zero attached hydrogens (tertiary/aromatic N) is 1. The summed E-state index contributed by atoms with van der Waals surface area (Å²) in [5.74, 6) is 0.564. The molecule has 5 heteroatoms. The van der Waals surface area contributed by atoms with Crippen LogP contribution in [0.1, 0.15) is 46.4 Å². The fourth-order valence-electron chi connectivity index (χ4n) is 3.88. The first-order valence-electron chi connectivity index (χ1n) is 9.24. The third kappa shape index (κ3) is 3.50. The molecular weight excluding hydrogens is 342 g/mol. The first-order chi connectivity index (χ1) is 13.1. The predicted molar refractivity (Wildman–Crippen MR) is 100.0 cm³/mol. The number of fused-ring (bicyclic) bond motifs is 1. The summed E-state index contributed by atoms with van der Waals surface area (Å²) < 4.78 is 6.14. The van der Waals surface area contributed by atoms with Crippen molar-refractivity contribution in [3.8, 4) is 5.75 Å². The van der Waals surface area contributed by atoms with Crippen molar-refractivity contribution in [1.82, 2.24) is 4.90 Å². The van der Waals surface area contributed by atoms with Crippen molar-refractivity contribution in [2.45, 2.75) is 31.3 Å². The molecule has 1 amide bonds. The Morgan fingerprint density at radius 3 is 2.56 bits per heavy atom. The average Bonchev–Trinajstić information content (AvgIpc) is 3.09. The molecule has 0 aliphatic carbocycles. The summed E-state index contributed by atoms with van der Waals surface area (Å²) in [6, 6.07) is 16.3. The van der Waals surface area contributed by atoms with Gasteiger partial charge in [-0.1, -0.05) is 42.5 Å². The third-order valence-electron chi connectivity index (χ3n) is 5.33. The molecule has 2 aliphatic heterocycles. The highest BCUT2D eigenvalue weighted by molar-refractivity contribution is 6.00. The quantitative estimate of drug-likeness (QED) is 0.782. The average molecular weight is 363 g/mol. The minimum Gasteiger partial charge on any atom is -0.484 e. The van der Waals surface area contributed by atoms with Crippen LogP contribution >= 0.6 is 0 Å². The summed E-state index contributed by atoms with van der Waals surface area (Å²) >= 11 is 0. The number of amides is 1. The van der Waals surface area contributed by atoms with E-state index in [4.69, 9.17) is 4.74 Å². The Morgan fingerprint density at radius 1 is 1.00 bits per heavy atom. The van der Waals surface area contributed by atoms with E-state index in [1.54, 1.807) is 29.2 Å². The Hall–Kier alpha value is -2.95. The van der Waals surface area contributed by atoms with Crippen LogP contribution in [0.25, 0.3) is 0 Å². The van der Waals surface area contributed by atoms with Gasteiger partial charge in [0.1, 0.15) is 11.4 Å². The van der Waals surface area contributed by atoms with Gasteiger partial charge in [0.05, 0.1) is 18.5 Å². The highest BCUT2D eigenvalue weighted by Crippen LogP contribution is 2.38. The summed E-state index contributed by atoms with van der Waals surface area (Å²) in [5.41, 5.74) is 0.604. The van der Waals surface area contributed by atoms with Crippen LogP contribution in [0.5, 0.6) is 5.75 Å². The third-order valence-corrected chi connectivity index (χ3v) is 5.33. The Kier molecular flexibility index (Phi) is 4.52. The van der Waals surface area contributed by atoms with Crippen LogP contribution in [-0.4, -0.2) is 41.1 Å². The van der Waals surface area contributed by atoms with Gasteiger partial charge in [0.25, 0.3) is 0 Å². The van der Waals surface area contributed by atoms with E-state index >= 15 is 0 Å². The number of hydrogen-bond donors (Lipinski definition) is 0. The molecule has 0 bridgehead atoms. The molecule has 1 spiro atoms. The number of likely N-dealkylation sites (tertiary alicyclic amines) is 1. The second kappa shape index (κ2) is 6.99. The highest BCUT2D eigenvalue weighted by atomic mass is 16.5. The fraction of sp³-hybridized carbons (Fsp3) is 0.318. The first kappa shape index (κ1) is 17.5. The molecule has 1 fully saturated rings. The summed E-state index contributed by atoms with van der Waals surface area (Å²) in [4.78, 5) is 39.0. The summed E-state index contributed by atoms with van der Waals surface area (Å²) in [5, 5.41) is 0. The number of hydrogen-bond acceptors (Lipinski definition) is 4. The molecule has 2 heterocycles. The van der Waals surface area contributed by atoms with Gasteiger partial charge in [-0.05, 0) is 12.1 Å². The smallest absolute Gasteiger partial charge is 0.223 e. The molecule has 4 rings (SSSR count). The normalized spacial score (nSPS) is 21.0. The van der Waals surface area contributed by atoms with Crippen molar-refractivity contribution < 1.29 is 19.1 Å². The fourth-order valence-corrected chi connectivity index (χ4v) is 3.88. The van der Waals surface area contributed by atoms with Crippen molar-refractivity contribution in [3.63, 3.8) is 0 Å². The van der Waals surface area contributed by atoms with Crippen LogP contribution in [-0.2, 0) is 4.79 Å². The maximum atomic E-state index is 12.6. The lowest BCUT2D eigenvalue weighted by atomic mass is 9.89. The molecule has 2 aromatic carbocycles. The lowest BCUT2D eigenvalue weighted by molar-refractivity contribution is -0.130. The molecule has 0 N–H and O–H groups in total. The molecule has 1 unspecified atom stereocenters. The van der Waals surface area contributed by atoms with E-state index in [0.717, 1.165) is 0 Å². The van der Waals surface area contributed by atoms with Gasteiger partial charge in [0.15, 0.2) is 11.6 Å². The van der Waals surface area contributed by atoms with Gasteiger partial charge >= 0.3 is 0 Å². The lowest BCUT2D eigenvalue weighted by Crippen LogP contribution is -2.45. The number of ketones is 2. The van der Waals surface area contributed by atoms with Gasteiger partial charge in [0.2, 0.25) is 5.91 Å². The van der Waals surface area contributed by atoms with Gasteiger partial charge in [-0.15, -0.1) is 0 Å². The largest absolute Gasteiger partial charge is 0.484 e. The zero-order valence-electron chi connectivity index (χ0n) is 15.0. The molecule has 5 nitrogen and oxygen atoms in total. The van der Waals surface area contributed by atoms with E-state index in [1.807, 2.05) is 30.3 Å². The number of para-hydroxylation sites is 1. The van der Waals surface area contributed by atoms with E-state index in [2.05, 4.69) is 0 Å². The number of Topliss-reactive ketones (excluding diaryl/α,β-unsaturated/α-hetero) is 2. The molecule has 0 aromatic heterocycles. The molecule has 2 aromatic rings. The maximum absolute atomic E-state index is 12.6. The molecule has 27 heavy (non-hydrogen) atoms. The van der Waals surface area contributed by atoms with Crippen LogP contribution < -0.4 is 4.74 Å². The standard InChI is InChI=1S/C22H21NO4/c24-18(16-6-2-1-3-7-16)10-11-21(26)23-13-12-22(15-23)14-19(25)17-8-4-5-9-20(17)27-22/h1-9H,10-15H2. The zero-order valence-corrected chi connectivity index (χ0v) is 15.0. The van der Waals surface area contributed by atoms with Gasteiger partial charge in [0, 0.05) is 31.4 Å². The second-order valence-electron chi connectivity index (χ2n) is 7.24. The van der Waals surface area contributed by atoms with Crippen LogP contribution in [0.15, 0.2) is 54.6 Å². The number of carbonyl (C=O) groups is 3. The molecule has 2 aliphatic rings. The molecule has 0 radical (unpaired) electrons. The van der Waals surface area contributed by atoms with Crippen LogP contribution in [0.4, 0.5) is 0 Å². The SMILES string of the molecule is O=C(CCC(=O)N1CCC2(CC(=O)c3ccccc3O2)C1)c1ccccc1. The minimum absolute atomic E-state index is 0.0316. The summed E-state index contributed by atoms with van der Waals surface area (Å²) in [7, 11) is 0. The van der Waals surface area contributed by atoms with E-state index in [-0.39, 0.29) is 36.7 Å². The van der Waals surface area contributed by atoms with Crippen LogP contribution in [0.2, 0.25) is 0 Å². The summed E-state index contributed by atoms with van der Waals surface area (Å²) in [6.07, 6.45) is 1.28. The van der Waals surface area contributed by atoms with Gasteiger partial charge < -0.3 is 9.64 Å². The first-order valence-corrected chi connectivity index (χ1v) is 9.24. The van der Waals surface area contributed by atoms with Crippen LogP contribution in [0, 0.1) is 0 Å². The van der Waals surface area contributed by atoms with Gasteiger partial charge in [-0.3, -0.25) is 14.4 Å². The second-order valence-corrected chi connectivity index (χ2v) is 7.24. The van der Waals surface area contributed by atoms with Crippen molar-refractivity contribution in [2.24, 2.45) is 0 Å². The van der Waals surface area contributed by atoms with Gasteiger partial charge in [-0.2, -0.15) is 0 Å². The predicted octanol–water partition coefficient (Wildman–Crippen LogP) is 3.29. The zero-order chi connectivity index (χ0) is 18.9. The number of rotatable bonds is 4. The molecule has 1 saturated heterocycles. The monoisotopic (exact) mass is 363 g/mol. The number of ether oxygens (including phenoxy) is 1. The van der Waals surface area contributed by atoms with E-state index in [0.29, 0.717) is 36.4 Å². The van der Waals surface area contributed by atoms with Gasteiger partial charge in [-0.25, -0.2) is 0 Å². The number of benzene rings is 2. The van der Waals surface area contributed by atoms with Crippen molar-refractivity contribution in [3.05, 3.63) is 65.7 Å². The van der Waals surface area contributed by atoms with E-state index < -0.39 is 5.60 Å². The molecular formula is C22H21NO4. The lowest BCUT2D eigenvalue weighted by Gasteiger charge is -2.34. The Morgan fingerprint density at radius 2 is 1.74 bits per heavy atom. The highest BCUT2D eigenvalue weighted by Gasteiger charge is 2.46. The molecule has 1 atom stereocenters. The summed E-state index contributed by atoms with van der Waals surface area (Å²) in [6.45, 7) is 0.944. The Bertz CT molecular complexity index is 892.